The summed E-state index contributed by atoms with van der Waals surface area (Å²) in [4.78, 5) is 12.8. The molecule has 0 aromatic carbocycles. The Hall–Kier alpha value is -1.79. The number of hydrogen-bond acceptors (Lipinski definition) is 22. The Labute approximate surface area is 448 Å². The van der Waals surface area contributed by atoms with Gasteiger partial charge in [0.1, 0.15) is 91.1 Å². The molecule has 5 saturated carbocycles. The van der Waals surface area contributed by atoms with Gasteiger partial charge in [0, 0.05) is 11.3 Å². The minimum Gasteiger partial charge on any atom is -0.491 e. The summed E-state index contributed by atoms with van der Waals surface area (Å²) in [5.74, 6) is -0.232. The first kappa shape index (κ1) is 58.4. The zero-order chi connectivity index (χ0) is 56.1. The first-order valence-corrected chi connectivity index (χ1v) is 27.9. The molecule has 5 aliphatic carbocycles. The predicted octanol–water partition coefficient (Wildman–Crippen LogP) is -1.11. The molecule has 5 aliphatic heterocycles. The van der Waals surface area contributed by atoms with Gasteiger partial charge in [0.2, 0.25) is 0 Å². The maximum atomic E-state index is 12.8. The van der Waals surface area contributed by atoms with E-state index in [1.165, 1.54) is 6.92 Å². The lowest BCUT2D eigenvalue weighted by molar-refractivity contribution is -0.394. The summed E-state index contributed by atoms with van der Waals surface area (Å²) >= 11 is 0. The summed E-state index contributed by atoms with van der Waals surface area (Å²) in [5.41, 5.74) is -4.09. The summed E-state index contributed by atoms with van der Waals surface area (Å²) in [6, 6.07) is 0. The van der Waals surface area contributed by atoms with Gasteiger partial charge in [-0.2, -0.15) is 0 Å². The maximum absolute atomic E-state index is 12.8. The van der Waals surface area contributed by atoms with Gasteiger partial charge < -0.3 is 109 Å². The predicted molar refractivity (Wildman–Crippen MR) is 261 cm³/mol. The number of carbonyl (C=O) groups is 1. The molecule has 0 unspecified atom stereocenters. The second-order valence-electron chi connectivity index (χ2n) is 26.4. The number of aliphatic hydroxyl groups is 12. The molecule has 30 atom stereocenters. The number of aliphatic hydroxyl groups excluding tert-OH is 12. The molecule has 2 bridgehead atoms. The van der Waals surface area contributed by atoms with Crippen LogP contribution in [-0.2, 0) is 47.4 Å². The van der Waals surface area contributed by atoms with Crippen molar-refractivity contribution in [2.24, 2.45) is 50.2 Å². The highest BCUT2D eigenvalue weighted by molar-refractivity contribution is 5.74. The molecule has 0 amide bonds. The third kappa shape index (κ3) is 8.51. The lowest BCUT2D eigenvalue weighted by Gasteiger charge is -2.74. The van der Waals surface area contributed by atoms with Gasteiger partial charge in [-0.25, -0.2) is 0 Å². The zero-order valence-electron chi connectivity index (χ0n) is 45.2. The summed E-state index contributed by atoms with van der Waals surface area (Å²) in [5, 5.41) is 142. The number of ether oxygens (including phenoxy) is 9. The van der Waals surface area contributed by atoms with Crippen molar-refractivity contribution >= 4 is 5.97 Å². The van der Waals surface area contributed by atoms with Gasteiger partial charge >= 0.3 is 5.97 Å². The third-order valence-electron chi connectivity index (χ3n) is 22.5. The second kappa shape index (κ2) is 20.2. The Bertz CT molecular complexity index is 2190. The number of carboxylic acid groups (broad SMARTS) is 1. The van der Waals surface area contributed by atoms with Crippen LogP contribution in [0.25, 0.3) is 0 Å². The van der Waals surface area contributed by atoms with Gasteiger partial charge in [0.05, 0.1) is 54.7 Å². The lowest BCUT2D eigenvalue weighted by atomic mass is 9.30. The van der Waals surface area contributed by atoms with Crippen molar-refractivity contribution in [1.82, 2.24) is 0 Å². The Morgan fingerprint density at radius 2 is 1.18 bits per heavy atom. The van der Waals surface area contributed by atoms with Crippen molar-refractivity contribution in [2.75, 3.05) is 19.8 Å². The van der Waals surface area contributed by atoms with E-state index < -0.39 is 182 Å². The first-order valence-electron chi connectivity index (χ1n) is 27.9. The molecule has 23 nitrogen and oxygen atoms in total. The van der Waals surface area contributed by atoms with Crippen molar-refractivity contribution in [3.63, 3.8) is 0 Å². The Balaban J connectivity index is 0.908. The second-order valence-corrected chi connectivity index (χ2v) is 26.4. The van der Waals surface area contributed by atoms with E-state index in [9.17, 15) is 71.2 Å². The van der Waals surface area contributed by atoms with Crippen molar-refractivity contribution in [1.29, 1.82) is 0 Å². The highest BCUT2D eigenvalue weighted by Crippen LogP contribution is 2.82. The van der Waals surface area contributed by atoms with Crippen molar-refractivity contribution in [2.45, 2.75) is 247 Å². The van der Waals surface area contributed by atoms with Crippen molar-refractivity contribution < 1.29 is 114 Å². The van der Waals surface area contributed by atoms with E-state index in [4.69, 9.17) is 42.6 Å². The van der Waals surface area contributed by atoms with E-state index in [1.54, 1.807) is 0 Å². The summed E-state index contributed by atoms with van der Waals surface area (Å²) in [7, 11) is 0. The van der Waals surface area contributed by atoms with Gasteiger partial charge in [-0.05, 0) is 106 Å². The van der Waals surface area contributed by atoms with Crippen LogP contribution in [0.15, 0.2) is 12.3 Å². The lowest BCUT2D eigenvalue weighted by Crippen LogP contribution is -2.74. The first-order chi connectivity index (χ1) is 36.0. The molecule has 10 fully saturated rings. The molecule has 5 heterocycles. The smallest absolute Gasteiger partial charge is 0.309 e. The standard InChI is InChI=1S/C54H86O23/c1-22-32(58)36(62)39(65)43(70-22)76-42-38(64)34(60)25(20-56)72-46(42)73-26-21-69-45(41(35(26)61)75-44-40(66)37(63)33(59)24(19-55)71-44)74-31-11-12-50(6)27(48(31,3)4)9-13-51(7)28(50)10-14-54-29-17-49(5,47(67)68)15-16-53(29,23(2)77-54)30(57)18-52(51,54)8/h22,24-46,55-66H,2,9-21H2,1,3-8H3,(H,67,68)/t22-,24-,25-,26+,27+,28-,29-,30-,31+,32-,33-,34-,35+,36+,37+,38+,39+,40-,41-,42-,43-,44+,45+,46+,49+,50+,51-,52+,53-,54+/m1/s1. The van der Waals surface area contributed by atoms with Crippen molar-refractivity contribution in [3.8, 4) is 0 Å². The number of hydrogen-bond donors (Lipinski definition) is 13. The van der Waals surface area contributed by atoms with E-state index in [1.807, 2.05) is 6.92 Å². The molecule has 10 aliphatic rings. The Morgan fingerprint density at radius 3 is 1.82 bits per heavy atom. The molecule has 77 heavy (non-hydrogen) atoms. The van der Waals surface area contributed by atoms with Crippen LogP contribution in [0.1, 0.15) is 113 Å². The maximum Gasteiger partial charge on any atom is 0.309 e. The monoisotopic (exact) mass is 1100 g/mol. The molecule has 0 radical (unpaired) electrons. The van der Waals surface area contributed by atoms with E-state index in [0.717, 1.165) is 19.3 Å². The normalized spacial score (nSPS) is 57.2. The average molecular weight is 1100 g/mol. The minimum atomic E-state index is -1.91. The van der Waals surface area contributed by atoms with Gasteiger partial charge in [-0.1, -0.05) is 41.2 Å². The van der Waals surface area contributed by atoms with Gasteiger partial charge in [0.25, 0.3) is 0 Å². The molecule has 23 heteroatoms. The quantitative estimate of drug-likeness (QED) is 0.109. The van der Waals surface area contributed by atoms with Crippen LogP contribution in [0.5, 0.6) is 0 Å². The van der Waals surface area contributed by atoms with Crippen LogP contribution < -0.4 is 0 Å². The molecule has 0 aromatic rings. The van der Waals surface area contributed by atoms with Crippen LogP contribution in [0.3, 0.4) is 0 Å². The van der Waals surface area contributed by atoms with E-state index in [-0.39, 0.29) is 28.6 Å². The van der Waals surface area contributed by atoms with E-state index in [2.05, 4.69) is 41.2 Å². The van der Waals surface area contributed by atoms with Crippen molar-refractivity contribution in [3.05, 3.63) is 12.3 Å². The number of aliphatic carboxylic acids is 1. The number of fused-ring (bicyclic) bond motifs is 4. The molecule has 5 saturated heterocycles. The van der Waals surface area contributed by atoms with Crippen LogP contribution in [0.4, 0.5) is 0 Å². The fraction of sp³-hybridized carbons (Fsp3) is 0.944. The Kier molecular flexibility index (Phi) is 15.3. The van der Waals surface area contributed by atoms with E-state index in [0.29, 0.717) is 50.7 Å². The summed E-state index contributed by atoms with van der Waals surface area (Å²) in [6.45, 7) is 16.9. The molecule has 1 spiro atoms. The molecule has 10 rings (SSSR count). The highest BCUT2D eigenvalue weighted by atomic mass is 16.8. The Morgan fingerprint density at radius 1 is 0.597 bits per heavy atom. The van der Waals surface area contributed by atoms with E-state index >= 15 is 0 Å². The third-order valence-corrected chi connectivity index (χ3v) is 22.5. The molecular formula is C54H86O23. The molecule has 0 aromatic heterocycles. The summed E-state index contributed by atoms with van der Waals surface area (Å²) in [6.07, 6.45) is -26.6. The fourth-order valence-electron chi connectivity index (χ4n) is 17.8. The summed E-state index contributed by atoms with van der Waals surface area (Å²) < 4.78 is 56.2. The number of carboxylic acids is 1. The topological polar surface area (TPSA) is 363 Å². The fourth-order valence-corrected chi connectivity index (χ4v) is 17.8. The number of rotatable bonds is 11. The SMILES string of the molecule is C=C1O[C@]23CC[C@@H]4[C@@]5(C)CC[C@H](O[C@@H]6OC[C@H](O[C@@H]7O[C@H](CO)[C@@H](O)[C@H](O)[C@H]7O[C@H]7O[C@H](C)[C@@H](O)[C@H](O)[C@@H]7O)[C@H](O)[C@H]6O[C@@H]6O[C@H](CO)[C@@H](O)[C@H](O)[C@H]6O)C(C)(C)[C@@H]5CC[C@@]4(C)[C@]2(C)C[C@@H](O)[C@]12CC[C@](C)(C(=O)O)C[C@H]23. The molecule has 13 N–H and O–H groups in total. The molecular weight excluding hydrogens is 1020 g/mol. The molecule has 440 valence electrons. The van der Waals surface area contributed by atoms with Gasteiger partial charge in [-0.15, -0.1) is 0 Å². The minimum absolute atomic E-state index is 0.0663. The van der Waals surface area contributed by atoms with Crippen LogP contribution in [-0.4, -0.2) is 227 Å². The highest BCUT2D eigenvalue weighted by Gasteiger charge is 2.82. The van der Waals surface area contributed by atoms with Gasteiger partial charge in [-0.3, -0.25) is 4.79 Å². The van der Waals surface area contributed by atoms with Crippen LogP contribution in [0.2, 0.25) is 0 Å². The van der Waals surface area contributed by atoms with Crippen LogP contribution in [0, 0.1) is 50.2 Å². The van der Waals surface area contributed by atoms with Crippen LogP contribution >= 0.6 is 0 Å². The average Bonchev–Trinajstić information content (AvgIpc) is 3.40. The van der Waals surface area contributed by atoms with Gasteiger partial charge in [0.15, 0.2) is 25.2 Å². The zero-order valence-corrected chi connectivity index (χ0v) is 45.2. The largest absolute Gasteiger partial charge is 0.491 e.